The van der Waals surface area contributed by atoms with Crippen molar-refractivity contribution in [3.05, 3.63) is 41.5 Å². The van der Waals surface area contributed by atoms with Gasteiger partial charge in [-0.15, -0.1) is 0 Å². The summed E-state index contributed by atoms with van der Waals surface area (Å²) in [6.07, 6.45) is 0.912. The monoisotopic (exact) mass is 342 g/mol. The lowest BCUT2D eigenvalue weighted by Crippen LogP contribution is -2.37. The zero-order valence-corrected chi connectivity index (χ0v) is 14.7. The molecule has 0 aliphatic carbocycles. The van der Waals surface area contributed by atoms with Crippen LogP contribution in [0.1, 0.15) is 17.3 Å². The van der Waals surface area contributed by atoms with E-state index in [1.165, 1.54) is 5.56 Å². The maximum atomic E-state index is 5.72. The van der Waals surface area contributed by atoms with Crippen molar-refractivity contribution in [2.45, 2.75) is 12.6 Å². The lowest BCUT2D eigenvalue weighted by Gasteiger charge is -2.36. The van der Waals surface area contributed by atoms with Gasteiger partial charge < -0.3 is 24.3 Å². The summed E-state index contributed by atoms with van der Waals surface area (Å²) in [5, 5.41) is 3.60. The molecule has 25 heavy (non-hydrogen) atoms. The molecule has 2 aliphatic heterocycles. The van der Waals surface area contributed by atoms with Crippen molar-refractivity contribution in [2.75, 3.05) is 39.9 Å². The summed E-state index contributed by atoms with van der Waals surface area (Å²) in [4.78, 5) is 2.27. The number of ether oxygens (including phenoxy) is 4. The molecular formula is C19H22N2O4. The Balaban J connectivity index is 1.77. The number of hydrogen-bond acceptors (Lipinski definition) is 6. The van der Waals surface area contributed by atoms with Gasteiger partial charge in [-0.05, 0) is 37.2 Å². The summed E-state index contributed by atoms with van der Waals surface area (Å²) < 4.78 is 22.3. The maximum Gasteiger partial charge on any atom is 0.231 e. The molecule has 2 aromatic rings. The van der Waals surface area contributed by atoms with Crippen LogP contribution in [0.25, 0.3) is 0 Å². The van der Waals surface area contributed by atoms with Crippen molar-refractivity contribution in [2.24, 2.45) is 0 Å². The first kappa shape index (κ1) is 15.9. The minimum Gasteiger partial charge on any atom is -0.497 e. The summed E-state index contributed by atoms with van der Waals surface area (Å²) in [5.74, 6) is 3.02. The fourth-order valence-corrected chi connectivity index (χ4v) is 3.49. The minimum absolute atomic E-state index is 0.0275. The van der Waals surface area contributed by atoms with Crippen molar-refractivity contribution >= 4 is 5.69 Å². The summed E-state index contributed by atoms with van der Waals surface area (Å²) in [5.41, 5.74) is 3.31. The van der Waals surface area contributed by atoms with Crippen molar-refractivity contribution in [3.63, 3.8) is 0 Å². The molecule has 2 aromatic carbocycles. The number of anilines is 1. The normalized spacial score (nSPS) is 18.6. The second-order valence-electron chi connectivity index (χ2n) is 6.23. The molecule has 0 saturated carbocycles. The van der Waals surface area contributed by atoms with Gasteiger partial charge in [-0.1, -0.05) is 6.07 Å². The Morgan fingerprint density at radius 3 is 2.84 bits per heavy atom. The van der Waals surface area contributed by atoms with Gasteiger partial charge in [0, 0.05) is 23.9 Å². The van der Waals surface area contributed by atoms with Crippen molar-refractivity contribution < 1.29 is 18.9 Å². The highest BCUT2D eigenvalue weighted by Crippen LogP contribution is 2.49. The number of hydrogen-bond donors (Lipinski definition) is 1. The lowest BCUT2D eigenvalue weighted by molar-refractivity contribution is 0.170. The van der Waals surface area contributed by atoms with E-state index in [9.17, 15) is 0 Å². The zero-order valence-electron chi connectivity index (χ0n) is 14.7. The Morgan fingerprint density at radius 1 is 1.16 bits per heavy atom. The highest BCUT2D eigenvalue weighted by Gasteiger charge is 2.34. The molecule has 0 bridgehead atoms. The van der Waals surface area contributed by atoms with Crippen molar-refractivity contribution in [3.8, 4) is 23.0 Å². The molecule has 2 aliphatic rings. The first-order valence-corrected chi connectivity index (χ1v) is 8.31. The van der Waals surface area contributed by atoms with E-state index in [2.05, 4.69) is 23.3 Å². The predicted molar refractivity (Wildman–Crippen MR) is 94.8 cm³/mol. The van der Waals surface area contributed by atoms with Crippen LogP contribution in [0.5, 0.6) is 23.0 Å². The van der Waals surface area contributed by atoms with E-state index in [0.29, 0.717) is 5.75 Å². The fourth-order valence-electron chi connectivity index (χ4n) is 3.49. The standard InChI is InChI=1S/C19H22N2O4/c1-21-8-7-12-9-15-17(25-11-24-15)18(23-3)16(12)19(21)20-13-5-4-6-14(10-13)22-2/h4-6,9-10,19-20H,7-8,11H2,1-3H3/t19-/m0/s1. The molecule has 2 heterocycles. The zero-order chi connectivity index (χ0) is 17.4. The molecule has 1 N–H and O–H groups in total. The maximum absolute atomic E-state index is 5.72. The van der Waals surface area contributed by atoms with Crippen molar-refractivity contribution in [1.82, 2.24) is 4.90 Å². The van der Waals surface area contributed by atoms with Gasteiger partial charge in [-0.3, -0.25) is 4.90 Å². The molecule has 0 aromatic heterocycles. The van der Waals surface area contributed by atoms with Crippen LogP contribution in [0, 0.1) is 0 Å². The predicted octanol–water partition coefficient (Wildman–Crippen LogP) is 3.03. The average Bonchev–Trinajstić information content (AvgIpc) is 3.10. The van der Waals surface area contributed by atoms with E-state index in [1.54, 1.807) is 14.2 Å². The molecule has 6 heteroatoms. The smallest absolute Gasteiger partial charge is 0.231 e. The number of methoxy groups -OCH3 is 2. The molecule has 0 unspecified atom stereocenters. The van der Waals surface area contributed by atoms with Crippen molar-refractivity contribution in [1.29, 1.82) is 0 Å². The Hall–Kier alpha value is -2.60. The third kappa shape index (κ3) is 2.72. The largest absolute Gasteiger partial charge is 0.497 e. The van der Waals surface area contributed by atoms with Crippen LogP contribution in [0.15, 0.2) is 30.3 Å². The molecule has 4 rings (SSSR count). The number of nitrogens with one attached hydrogen (secondary N) is 1. The molecule has 0 saturated heterocycles. The summed E-state index contributed by atoms with van der Waals surface area (Å²) >= 11 is 0. The first-order chi connectivity index (χ1) is 12.2. The van der Waals surface area contributed by atoms with Crippen LogP contribution in [0.4, 0.5) is 5.69 Å². The highest BCUT2D eigenvalue weighted by molar-refractivity contribution is 5.63. The average molecular weight is 342 g/mol. The quantitative estimate of drug-likeness (QED) is 0.922. The molecule has 0 amide bonds. The van der Waals surface area contributed by atoms with E-state index in [1.807, 2.05) is 24.3 Å². The number of nitrogens with zero attached hydrogens (tertiary/aromatic N) is 1. The topological polar surface area (TPSA) is 52.2 Å². The SMILES string of the molecule is COc1cccc(N[C@@H]2c3c(cc4c(c3OC)OCO4)CCN2C)c1. The minimum atomic E-state index is -0.0275. The van der Waals surface area contributed by atoms with E-state index in [0.717, 1.165) is 41.5 Å². The summed E-state index contributed by atoms with van der Waals surface area (Å²) in [6, 6.07) is 10.0. The van der Waals surface area contributed by atoms with Crippen LogP contribution < -0.4 is 24.3 Å². The summed E-state index contributed by atoms with van der Waals surface area (Å²) in [6.45, 7) is 1.18. The second-order valence-corrected chi connectivity index (χ2v) is 6.23. The van der Waals surface area contributed by atoms with Gasteiger partial charge in [0.05, 0.1) is 14.2 Å². The Morgan fingerprint density at radius 2 is 2.04 bits per heavy atom. The van der Waals surface area contributed by atoms with Gasteiger partial charge in [-0.25, -0.2) is 0 Å². The van der Waals surface area contributed by atoms with E-state index in [-0.39, 0.29) is 13.0 Å². The fraction of sp³-hybridized carbons (Fsp3) is 0.368. The molecular weight excluding hydrogens is 320 g/mol. The van der Waals surface area contributed by atoms with Gasteiger partial charge >= 0.3 is 0 Å². The van der Waals surface area contributed by atoms with Gasteiger partial charge in [-0.2, -0.15) is 0 Å². The van der Waals surface area contributed by atoms with Gasteiger partial charge in [0.1, 0.15) is 11.9 Å². The van der Waals surface area contributed by atoms with Gasteiger partial charge in [0.25, 0.3) is 0 Å². The van der Waals surface area contributed by atoms with E-state index < -0.39 is 0 Å². The van der Waals surface area contributed by atoms with Crippen LogP contribution >= 0.6 is 0 Å². The molecule has 0 radical (unpaired) electrons. The molecule has 0 spiro atoms. The van der Waals surface area contributed by atoms with Crippen LogP contribution in [0.2, 0.25) is 0 Å². The third-order valence-corrected chi connectivity index (χ3v) is 4.77. The number of rotatable bonds is 4. The molecule has 1 atom stereocenters. The lowest BCUT2D eigenvalue weighted by atomic mass is 9.94. The third-order valence-electron chi connectivity index (χ3n) is 4.77. The van der Waals surface area contributed by atoms with Gasteiger partial charge in [0.15, 0.2) is 11.5 Å². The van der Waals surface area contributed by atoms with Crippen LogP contribution in [-0.4, -0.2) is 39.5 Å². The Bertz CT molecular complexity index is 793. The number of likely N-dealkylation sites (N-methyl/N-ethyl adjacent to an activating group) is 1. The summed E-state index contributed by atoms with van der Waals surface area (Å²) in [7, 11) is 5.45. The van der Waals surface area contributed by atoms with Gasteiger partial charge in [0.2, 0.25) is 12.5 Å². The number of fused-ring (bicyclic) bond motifs is 2. The van der Waals surface area contributed by atoms with E-state index in [4.69, 9.17) is 18.9 Å². The second kappa shape index (κ2) is 6.37. The molecule has 0 fully saturated rings. The highest BCUT2D eigenvalue weighted by atomic mass is 16.7. The van der Waals surface area contributed by atoms with E-state index >= 15 is 0 Å². The van der Waals surface area contributed by atoms with Crippen LogP contribution in [0.3, 0.4) is 0 Å². The van der Waals surface area contributed by atoms with Crippen LogP contribution in [-0.2, 0) is 6.42 Å². The molecule has 6 nitrogen and oxygen atoms in total. The number of benzene rings is 2. The Kier molecular flexibility index (Phi) is 4.05. The first-order valence-electron chi connectivity index (χ1n) is 8.31. The molecule has 132 valence electrons. The Labute approximate surface area is 147 Å².